The molecule has 2 aromatic rings. The van der Waals surface area contributed by atoms with Crippen LogP contribution in [-0.4, -0.2) is 26.9 Å². The molecule has 0 amide bonds. The minimum atomic E-state index is 0.200. The number of aromatic nitrogens is 4. The fraction of sp³-hybridized carbons (Fsp3) is 0.571. The van der Waals surface area contributed by atoms with E-state index in [0.29, 0.717) is 5.89 Å². The van der Waals surface area contributed by atoms with E-state index in [2.05, 4.69) is 25.7 Å². The van der Waals surface area contributed by atoms with Crippen molar-refractivity contribution in [3.05, 3.63) is 23.3 Å². The van der Waals surface area contributed by atoms with Gasteiger partial charge in [-0.05, 0) is 39.3 Å². The number of aryl methyl sites for hydroxylation is 2. The van der Waals surface area contributed by atoms with Crippen molar-refractivity contribution in [1.29, 1.82) is 0 Å². The van der Waals surface area contributed by atoms with Crippen LogP contribution in [0.25, 0.3) is 11.5 Å². The highest BCUT2D eigenvalue weighted by atomic mass is 16.5. The molecular formula is C14H19N5O. The molecule has 1 aliphatic heterocycles. The van der Waals surface area contributed by atoms with Gasteiger partial charge in [-0.25, -0.2) is 0 Å². The zero-order valence-electron chi connectivity index (χ0n) is 11.9. The SMILES string of the molecule is Cc1cc(-c2nc(C3CCCCCN3)no2)c(C)nn1. The molecule has 2 aromatic heterocycles. The van der Waals surface area contributed by atoms with Crippen molar-refractivity contribution in [3.8, 4) is 11.5 Å². The van der Waals surface area contributed by atoms with Crippen LogP contribution in [0.4, 0.5) is 0 Å². The van der Waals surface area contributed by atoms with Crippen LogP contribution in [0, 0.1) is 13.8 Å². The molecule has 0 radical (unpaired) electrons. The van der Waals surface area contributed by atoms with Gasteiger partial charge in [-0.1, -0.05) is 18.0 Å². The van der Waals surface area contributed by atoms with Gasteiger partial charge in [0.1, 0.15) is 0 Å². The maximum atomic E-state index is 5.41. The van der Waals surface area contributed by atoms with Crippen LogP contribution in [0.3, 0.4) is 0 Å². The minimum Gasteiger partial charge on any atom is -0.334 e. The van der Waals surface area contributed by atoms with E-state index >= 15 is 0 Å². The summed E-state index contributed by atoms with van der Waals surface area (Å²) in [6.07, 6.45) is 4.75. The Bertz CT molecular complexity index is 587. The maximum absolute atomic E-state index is 5.41. The Labute approximate surface area is 118 Å². The molecule has 1 fully saturated rings. The van der Waals surface area contributed by atoms with Crippen LogP contribution in [0.1, 0.15) is 48.9 Å². The first kappa shape index (κ1) is 13.2. The molecule has 0 bridgehead atoms. The second-order valence-electron chi connectivity index (χ2n) is 5.30. The summed E-state index contributed by atoms with van der Waals surface area (Å²) in [6.45, 7) is 4.82. The summed E-state index contributed by atoms with van der Waals surface area (Å²) >= 11 is 0. The number of hydrogen-bond acceptors (Lipinski definition) is 6. The largest absolute Gasteiger partial charge is 0.334 e. The van der Waals surface area contributed by atoms with Gasteiger partial charge in [0.25, 0.3) is 5.89 Å². The molecule has 1 aliphatic rings. The van der Waals surface area contributed by atoms with Crippen molar-refractivity contribution in [2.45, 2.75) is 45.6 Å². The molecule has 106 valence electrons. The lowest BCUT2D eigenvalue weighted by atomic mass is 10.1. The van der Waals surface area contributed by atoms with E-state index in [4.69, 9.17) is 4.52 Å². The van der Waals surface area contributed by atoms with E-state index in [-0.39, 0.29) is 6.04 Å². The molecule has 20 heavy (non-hydrogen) atoms. The van der Waals surface area contributed by atoms with E-state index in [1.165, 1.54) is 19.3 Å². The molecule has 1 unspecified atom stereocenters. The second kappa shape index (κ2) is 5.66. The van der Waals surface area contributed by atoms with Crippen LogP contribution >= 0.6 is 0 Å². The van der Waals surface area contributed by atoms with Gasteiger partial charge >= 0.3 is 0 Å². The molecule has 6 heteroatoms. The highest BCUT2D eigenvalue weighted by molar-refractivity contribution is 5.55. The third-order valence-corrected chi connectivity index (χ3v) is 3.64. The van der Waals surface area contributed by atoms with E-state index in [0.717, 1.165) is 35.7 Å². The van der Waals surface area contributed by atoms with Gasteiger partial charge in [-0.15, -0.1) is 0 Å². The minimum absolute atomic E-state index is 0.200. The Kier molecular flexibility index (Phi) is 3.73. The Morgan fingerprint density at radius 2 is 2.10 bits per heavy atom. The normalized spacial score (nSPS) is 19.8. The molecule has 1 saturated heterocycles. The van der Waals surface area contributed by atoms with Gasteiger partial charge in [0.05, 0.1) is 23.0 Å². The van der Waals surface area contributed by atoms with Crippen molar-refractivity contribution >= 4 is 0 Å². The summed E-state index contributed by atoms with van der Waals surface area (Å²) < 4.78 is 5.41. The van der Waals surface area contributed by atoms with Gasteiger partial charge in [-0.3, -0.25) is 0 Å². The molecule has 0 saturated carbocycles. The van der Waals surface area contributed by atoms with Crippen molar-refractivity contribution in [2.24, 2.45) is 0 Å². The fourth-order valence-corrected chi connectivity index (χ4v) is 2.50. The zero-order chi connectivity index (χ0) is 13.9. The van der Waals surface area contributed by atoms with Crippen molar-refractivity contribution in [3.63, 3.8) is 0 Å². The highest BCUT2D eigenvalue weighted by Gasteiger charge is 2.21. The van der Waals surface area contributed by atoms with E-state index in [1.807, 2.05) is 19.9 Å². The van der Waals surface area contributed by atoms with Gasteiger partial charge in [0, 0.05) is 0 Å². The van der Waals surface area contributed by atoms with Gasteiger partial charge in [0.15, 0.2) is 5.82 Å². The Morgan fingerprint density at radius 3 is 3.00 bits per heavy atom. The summed E-state index contributed by atoms with van der Waals surface area (Å²) in [5.41, 5.74) is 2.52. The molecule has 1 atom stereocenters. The molecule has 1 N–H and O–H groups in total. The first-order valence-electron chi connectivity index (χ1n) is 7.12. The lowest BCUT2D eigenvalue weighted by molar-refractivity contribution is 0.402. The molecular weight excluding hydrogens is 254 g/mol. The number of hydrogen-bond donors (Lipinski definition) is 1. The highest BCUT2D eigenvalue weighted by Crippen LogP contribution is 2.25. The predicted octanol–water partition coefficient (Wildman–Crippen LogP) is 2.35. The predicted molar refractivity (Wildman–Crippen MR) is 74.0 cm³/mol. The van der Waals surface area contributed by atoms with Gasteiger partial charge in [0.2, 0.25) is 0 Å². The zero-order valence-corrected chi connectivity index (χ0v) is 11.9. The van der Waals surface area contributed by atoms with Gasteiger partial charge in [-0.2, -0.15) is 15.2 Å². The summed E-state index contributed by atoms with van der Waals surface area (Å²) in [6, 6.07) is 2.13. The number of nitrogens with zero attached hydrogens (tertiary/aromatic N) is 4. The summed E-state index contributed by atoms with van der Waals surface area (Å²) in [4.78, 5) is 4.54. The van der Waals surface area contributed by atoms with Crippen molar-refractivity contribution in [2.75, 3.05) is 6.54 Å². The second-order valence-corrected chi connectivity index (χ2v) is 5.30. The van der Waals surface area contributed by atoms with Crippen LogP contribution in [0.2, 0.25) is 0 Å². The van der Waals surface area contributed by atoms with Crippen LogP contribution in [0.5, 0.6) is 0 Å². The first-order valence-corrected chi connectivity index (χ1v) is 7.12. The lowest BCUT2D eigenvalue weighted by Crippen LogP contribution is -2.21. The first-order chi connectivity index (χ1) is 9.74. The molecule has 3 heterocycles. The van der Waals surface area contributed by atoms with Crippen LogP contribution < -0.4 is 5.32 Å². The quantitative estimate of drug-likeness (QED) is 0.905. The monoisotopic (exact) mass is 273 g/mol. The van der Waals surface area contributed by atoms with E-state index in [9.17, 15) is 0 Å². The Balaban J connectivity index is 1.87. The van der Waals surface area contributed by atoms with Crippen molar-refractivity contribution < 1.29 is 4.52 Å². The van der Waals surface area contributed by atoms with E-state index in [1.54, 1.807) is 0 Å². The molecule has 3 rings (SSSR count). The molecule has 0 aromatic carbocycles. The number of nitrogens with one attached hydrogen (secondary N) is 1. The molecule has 6 nitrogen and oxygen atoms in total. The maximum Gasteiger partial charge on any atom is 0.259 e. The van der Waals surface area contributed by atoms with Crippen LogP contribution in [0.15, 0.2) is 10.6 Å². The number of rotatable bonds is 2. The lowest BCUT2D eigenvalue weighted by Gasteiger charge is -2.09. The van der Waals surface area contributed by atoms with Crippen LogP contribution in [-0.2, 0) is 0 Å². The standard InChI is InChI=1S/C14H19N5O/c1-9-8-11(10(2)18-17-9)14-16-13(19-20-14)12-6-4-3-5-7-15-12/h8,12,15H,3-7H2,1-2H3. The molecule has 0 aliphatic carbocycles. The van der Waals surface area contributed by atoms with Gasteiger partial charge < -0.3 is 9.84 Å². The smallest absolute Gasteiger partial charge is 0.259 e. The Hall–Kier alpha value is -1.82. The van der Waals surface area contributed by atoms with E-state index < -0.39 is 0 Å². The topological polar surface area (TPSA) is 76.7 Å². The fourth-order valence-electron chi connectivity index (χ4n) is 2.50. The summed E-state index contributed by atoms with van der Waals surface area (Å²) in [5, 5.41) is 15.7. The third kappa shape index (κ3) is 2.70. The van der Waals surface area contributed by atoms with Crippen molar-refractivity contribution in [1.82, 2.24) is 25.7 Å². The summed E-state index contributed by atoms with van der Waals surface area (Å²) in [5.74, 6) is 1.28. The Morgan fingerprint density at radius 1 is 1.20 bits per heavy atom. The average molecular weight is 273 g/mol. The summed E-state index contributed by atoms with van der Waals surface area (Å²) in [7, 11) is 0. The average Bonchev–Trinajstić information content (AvgIpc) is 2.77. The molecule has 0 spiro atoms. The third-order valence-electron chi connectivity index (χ3n) is 3.64.